The third kappa shape index (κ3) is 5.57. The Kier molecular flexibility index (Phi) is 6.54. The van der Waals surface area contributed by atoms with Crippen LogP contribution < -0.4 is 0 Å². The van der Waals surface area contributed by atoms with Gasteiger partial charge in [0.2, 0.25) is 5.60 Å². The van der Waals surface area contributed by atoms with Crippen molar-refractivity contribution in [1.82, 2.24) is 0 Å². The number of aliphatic hydroxyl groups is 1. The van der Waals surface area contributed by atoms with Gasteiger partial charge in [-0.15, -0.1) is 5.54 Å². The van der Waals surface area contributed by atoms with E-state index >= 15 is 0 Å². The molecule has 0 radical (unpaired) electrons. The first-order valence-corrected chi connectivity index (χ1v) is 13.0. The molecule has 0 aliphatic carbocycles. The second kappa shape index (κ2) is 8.34. The molecular formula is C24H30O3Si. The summed E-state index contributed by atoms with van der Waals surface area (Å²) in [4.78, 5) is 13.3. The van der Waals surface area contributed by atoms with Gasteiger partial charge in [0, 0.05) is 0 Å². The highest BCUT2D eigenvalue weighted by atomic mass is 28.3. The van der Waals surface area contributed by atoms with E-state index < -0.39 is 31.2 Å². The molecule has 0 heterocycles. The largest absolute Gasteiger partial charge is 0.458 e. The lowest BCUT2D eigenvalue weighted by atomic mass is 9.77. The second-order valence-electron chi connectivity index (χ2n) is 9.00. The van der Waals surface area contributed by atoms with Crippen LogP contribution in [0.1, 0.15) is 37.8 Å². The van der Waals surface area contributed by atoms with Gasteiger partial charge in [0.25, 0.3) is 0 Å². The Morgan fingerprint density at radius 1 is 0.964 bits per heavy atom. The number of ether oxygens (including phenoxy) is 1. The minimum atomic E-state index is -1.91. The molecule has 0 bridgehead atoms. The van der Waals surface area contributed by atoms with E-state index in [4.69, 9.17) is 4.74 Å². The van der Waals surface area contributed by atoms with Gasteiger partial charge < -0.3 is 9.84 Å². The highest BCUT2D eigenvalue weighted by Gasteiger charge is 2.48. The quantitative estimate of drug-likeness (QED) is 0.457. The van der Waals surface area contributed by atoms with E-state index in [0.717, 1.165) is 5.56 Å². The average molecular weight is 395 g/mol. The zero-order valence-electron chi connectivity index (χ0n) is 17.6. The summed E-state index contributed by atoms with van der Waals surface area (Å²) in [5.41, 5.74) is 1.95. The molecule has 2 rings (SSSR count). The lowest BCUT2D eigenvalue weighted by molar-refractivity contribution is -0.179. The highest BCUT2D eigenvalue weighted by Crippen LogP contribution is 2.39. The van der Waals surface area contributed by atoms with Gasteiger partial charge in [0.1, 0.15) is 13.7 Å². The molecule has 1 N–H and O–H groups in total. The fourth-order valence-corrected chi connectivity index (χ4v) is 3.39. The van der Waals surface area contributed by atoms with Gasteiger partial charge in [-0.2, -0.15) is 0 Å². The second-order valence-corrected chi connectivity index (χ2v) is 13.7. The van der Waals surface area contributed by atoms with Gasteiger partial charge in [-0.25, -0.2) is 4.79 Å². The standard InChI is InChI=1S/C24H30O3Si/c1-23(2,3)27-22(25)24(26,20-15-11-8-12-16-20)21(17-18-28(4,5)6)19-13-9-7-10-14-19/h7-16,21,26H,1-6H3/t21-,24-/m1/s1. The van der Waals surface area contributed by atoms with Gasteiger partial charge in [0.05, 0.1) is 5.92 Å². The minimum absolute atomic E-state index is 0.475. The van der Waals surface area contributed by atoms with E-state index in [9.17, 15) is 9.90 Å². The van der Waals surface area contributed by atoms with Crippen molar-refractivity contribution in [3.63, 3.8) is 0 Å². The van der Waals surface area contributed by atoms with Crippen LogP contribution >= 0.6 is 0 Å². The molecule has 2 aromatic carbocycles. The summed E-state index contributed by atoms with van der Waals surface area (Å²) in [6, 6.07) is 18.4. The Balaban J connectivity index is 2.71. The molecule has 2 aromatic rings. The van der Waals surface area contributed by atoms with Crippen molar-refractivity contribution >= 4 is 14.0 Å². The number of esters is 1. The van der Waals surface area contributed by atoms with Crippen molar-refractivity contribution in [2.24, 2.45) is 0 Å². The number of hydrogen-bond donors (Lipinski definition) is 1. The number of rotatable bonds is 4. The molecule has 0 saturated heterocycles. The lowest BCUT2D eigenvalue weighted by Gasteiger charge is -2.35. The summed E-state index contributed by atoms with van der Waals surface area (Å²) in [6.07, 6.45) is 0. The zero-order valence-corrected chi connectivity index (χ0v) is 18.6. The van der Waals surface area contributed by atoms with Crippen molar-refractivity contribution in [3.8, 4) is 11.5 Å². The van der Waals surface area contributed by atoms with Crippen LogP contribution in [0.4, 0.5) is 0 Å². The molecular weight excluding hydrogens is 364 g/mol. The molecule has 0 amide bonds. The fraction of sp³-hybridized carbons (Fsp3) is 0.375. The van der Waals surface area contributed by atoms with Crippen LogP contribution in [-0.4, -0.2) is 24.8 Å². The first kappa shape index (κ1) is 21.9. The van der Waals surface area contributed by atoms with Crippen LogP contribution in [-0.2, 0) is 15.1 Å². The molecule has 0 aromatic heterocycles. The topological polar surface area (TPSA) is 46.5 Å². The van der Waals surface area contributed by atoms with Crippen LogP contribution in [0, 0.1) is 11.5 Å². The van der Waals surface area contributed by atoms with E-state index in [0.29, 0.717) is 5.56 Å². The predicted molar refractivity (Wildman–Crippen MR) is 116 cm³/mol. The molecule has 0 saturated carbocycles. The molecule has 28 heavy (non-hydrogen) atoms. The van der Waals surface area contributed by atoms with Gasteiger partial charge in [-0.1, -0.05) is 86.2 Å². The summed E-state index contributed by atoms with van der Waals surface area (Å²) in [6.45, 7) is 11.8. The summed E-state index contributed by atoms with van der Waals surface area (Å²) < 4.78 is 5.65. The Morgan fingerprint density at radius 2 is 1.46 bits per heavy atom. The van der Waals surface area contributed by atoms with Crippen molar-refractivity contribution < 1.29 is 14.6 Å². The Labute approximate surface area is 169 Å². The van der Waals surface area contributed by atoms with E-state index in [-0.39, 0.29) is 0 Å². The maximum Gasteiger partial charge on any atom is 0.345 e. The smallest absolute Gasteiger partial charge is 0.345 e. The minimum Gasteiger partial charge on any atom is -0.458 e. The SMILES string of the molecule is CC(C)(C)OC(=O)[C@@](O)(c1ccccc1)[C@H](C#C[Si](C)(C)C)c1ccccc1. The molecule has 148 valence electrons. The van der Waals surface area contributed by atoms with Crippen LogP contribution in [0.15, 0.2) is 60.7 Å². The van der Waals surface area contributed by atoms with Crippen LogP contribution in [0.3, 0.4) is 0 Å². The van der Waals surface area contributed by atoms with Gasteiger partial charge >= 0.3 is 5.97 Å². The van der Waals surface area contributed by atoms with Crippen LogP contribution in [0.2, 0.25) is 19.6 Å². The predicted octanol–water partition coefficient (Wildman–Crippen LogP) is 4.88. The molecule has 0 aliphatic heterocycles. The van der Waals surface area contributed by atoms with Crippen molar-refractivity contribution in [2.45, 2.75) is 57.5 Å². The third-order valence-electron chi connectivity index (χ3n) is 4.07. The zero-order chi connectivity index (χ0) is 21.0. The summed E-state index contributed by atoms with van der Waals surface area (Å²) in [5, 5.41) is 11.9. The monoisotopic (exact) mass is 394 g/mol. The average Bonchev–Trinajstić information content (AvgIpc) is 2.61. The molecule has 0 unspecified atom stereocenters. The van der Waals surface area contributed by atoms with Crippen LogP contribution in [0.25, 0.3) is 0 Å². The molecule has 0 spiro atoms. The van der Waals surface area contributed by atoms with Gasteiger partial charge in [0.15, 0.2) is 0 Å². The number of carbonyl (C=O) groups excluding carboxylic acids is 1. The van der Waals surface area contributed by atoms with E-state index in [1.807, 2.05) is 36.4 Å². The third-order valence-corrected chi connectivity index (χ3v) is 4.96. The Morgan fingerprint density at radius 3 is 1.93 bits per heavy atom. The normalized spacial score (nSPS) is 15.0. The van der Waals surface area contributed by atoms with E-state index in [1.165, 1.54) is 0 Å². The summed E-state index contributed by atoms with van der Waals surface area (Å²) >= 11 is 0. The maximum atomic E-state index is 13.3. The number of benzene rings is 2. The van der Waals surface area contributed by atoms with Gasteiger partial charge in [-0.05, 0) is 31.9 Å². The first-order valence-electron chi connectivity index (χ1n) is 9.52. The Hall–Kier alpha value is -2.35. The number of hydrogen-bond acceptors (Lipinski definition) is 3. The van der Waals surface area contributed by atoms with Crippen molar-refractivity contribution in [1.29, 1.82) is 0 Å². The van der Waals surface area contributed by atoms with Crippen molar-refractivity contribution in [3.05, 3.63) is 71.8 Å². The van der Waals surface area contributed by atoms with E-state index in [1.54, 1.807) is 45.0 Å². The fourth-order valence-electron chi connectivity index (χ4n) is 2.81. The maximum absolute atomic E-state index is 13.3. The lowest BCUT2D eigenvalue weighted by Crippen LogP contribution is -2.45. The van der Waals surface area contributed by atoms with Crippen LogP contribution in [0.5, 0.6) is 0 Å². The summed E-state index contributed by atoms with van der Waals surface area (Å²) in [5.74, 6) is 1.81. The van der Waals surface area contributed by atoms with Gasteiger partial charge in [-0.3, -0.25) is 0 Å². The summed E-state index contributed by atoms with van der Waals surface area (Å²) in [7, 11) is -1.74. The molecule has 4 heteroatoms. The Bertz CT molecular complexity index is 852. The first-order chi connectivity index (χ1) is 12.9. The highest BCUT2D eigenvalue weighted by molar-refractivity contribution is 6.83. The molecule has 0 aliphatic rings. The molecule has 0 fully saturated rings. The molecule has 2 atom stereocenters. The van der Waals surface area contributed by atoms with Crippen molar-refractivity contribution in [2.75, 3.05) is 0 Å². The van der Waals surface area contributed by atoms with E-state index in [2.05, 4.69) is 31.1 Å². The number of carbonyl (C=O) groups is 1. The molecule has 3 nitrogen and oxygen atoms in total.